The number of aromatic nitrogens is 1. The van der Waals surface area contributed by atoms with Crippen LogP contribution in [-0.4, -0.2) is 4.98 Å². The van der Waals surface area contributed by atoms with Crippen molar-refractivity contribution in [3.8, 4) is 0 Å². The molecule has 0 bridgehead atoms. The van der Waals surface area contributed by atoms with E-state index in [0.29, 0.717) is 0 Å². The lowest BCUT2D eigenvalue weighted by atomic mass is 10.0. The Labute approximate surface area is 99.3 Å². The number of nitrogens with two attached hydrogens (primary N) is 1. The SMILES string of the molecule is CCCCCCC(N)c1ncccc1CC. The van der Waals surface area contributed by atoms with E-state index in [9.17, 15) is 0 Å². The Hall–Kier alpha value is -0.890. The lowest BCUT2D eigenvalue weighted by molar-refractivity contribution is 0.554. The quantitative estimate of drug-likeness (QED) is 0.713. The van der Waals surface area contributed by atoms with E-state index in [-0.39, 0.29) is 6.04 Å². The molecule has 0 radical (unpaired) electrons. The maximum atomic E-state index is 6.19. The monoisotopic (exact) mass is 220 g/mol. The molecule has 0 aliphatic heterocycles. The zero-order valence-electron chi connectivity index (χ0n) is 10.6. The summed E-state index contributed by atoms with van der Waals surface area (Å²) in [6.45, 7) is 4.39. The summed E-state index contributed by atoms with van der Waals surface area (Å²) in [5.74, 6) is 0. The smallest absolute Gasteiger partial charge is 0.0602 e. The van der Waals surface area contributed by atoms with Crippen LogP contribution in [0.25, 0.3) is 0 Å². The molecule has 0 amide bonds. The van der Waals surface area contributed by atoms with E-state index in [0.717, 1.165) is 18.5 Å². The Bertz CT molecular complexity index is 297. The maximum absolute atomic E-state index is 6.19. The fraction of sp³-hybridized carbons (Fsp3) is 0.643. The van der Waals surface area contributed by atoms with Crippen molar-refractivity contribution in [2.24, 2.45) is 5.73 Å². The molecule has 0 aliphatic carbocycles. The van der Waals surface area contributed by atoms with Gasteiger partial charge in [0, 0.05) is 12.2 Å². The van der Waals surface area contributed by atoms with Gasteiger partial charge in [-0.3, -0.25) is 4.98 Å². The number of hydrogen-bond acceptors (Lipinski definition) is 2. The van der Waals surface area contributed by atoms with Crippen molar-refractivity contribution in [1.82, 2.24) is 4.98 Å². The highest BCUT2D eigenvalue weighted by Gasteiger charge is 2.10. The average molecular weight is 220 g/mol. The molecule has 90 valence electrons. The standard InChI is InChI=1S/C14H24N2/c1-3-5-6-7-10-13(15)14-12(4-2)9-8-11-16-14/h8-9,11,13H,3-7,10,15H2,1-2H3. The molecule has 16 heavy (non-hydrogen) atoms. The first-order valence-corrected chi connectivity index (χ1v) is 6.49. The fourth-order valence-electron chi connectivity index (χ4n) is 2.01. The van der Waals surface area contributed by atoms with Gasteiger partial charge in [-0.05, 0) is 24.5 Å². The van der Waals surface area contributed by atoms with E-state index < -0.39 is 0 Å². The minimum atomic E-state index is 0.119. The minimum absolute atomic E-state index is 0.119. The van der Waals surface area contributed by atoms with Crippen molar-refractivity contribution in [2.75, 3.05) is 0 Å². The van der Waals surface area contributed by atoms with E-state index in [1.54, 1.807) is 0 Å². The Balaban J connectivity index is 2.48. The van der Waals surface area contributed by atoms with Gasteiger partial charge in [0.25, 0.3) is 0 Å². The van der Waals surface area contributed by atoms with Crippen LogP contribution in [0.3, 0.4) is 0 Å². The number of aryl methyl sites for hydroxylation is 1. The van der Waals surface area contributed by atoms with E-state index in [4.69, 9.17) is 5.73 Å². The second kappa shape index (κ2) is 7.39. The number of pyridine rings is 1. The van der Waals surface area contributed by atoms with E-state index in [2.05, 4.69) is 24.9 Å². The predicted molar refractivity (Wildman–Crippen MR) is 69.3 cm³/mol. The highest BCUT2D eigenvalue weighted by Crippen LogP contribution is 2.19. The van der Waals surface area contributed by atoms with Crippen molar-refractivity contribution < 1.29 is 0 Å². The Morgan fingerprint density at radius 1 is 1.25 bits per heavy atom. The number of unbranched alkanes of at least 4 members (excludes halogenated alkanes) is 3. The summed E-state index contributed by atoms with van der Waals surface area (Å²) in [5.41, 5.74) is 8.59. The summed E-state index contributed by atoms with van der Waals surface area (Å²) in [6.07, 6.45) is 9.03. The second-order valence-electron chi connectivity index (χ2n) is 4.36. The van der Waals surface area contributed by atoms with Gasteiger partial charge in [0.05, 0.1) is 5.69 Å². The van der Waals surface area contributed by atoms with Crippen LogP contribution in [0.5, 0.6) is 0 Å². The molecule has 1 rings (SSSR count). The molecule has 0 fully saturated rings. The lowest BCUT2D eigenvalue weighted by Gasteiger charge is -2.14. The van der Waals surface area contributed by atoms with Crippen molar-refractivity contribution in [2.45, 2.75) is 58.4 Å². The van der Waals surface area contributed by atoms with Gasteiger partial charge < -0.3 is 5.73 Å². The summed E-state index contributed by atoms with van der Waals surface area (Å²) < 4.78 is 0. The highest BCUT2D eigenvalue weighted by molar-refractivity contribution is 5.22. The van der Waals surface area contributed by atoms with Crippen molar-refractivity contribution in [1.29, 1.82) is 0 Å². The van der Waals surface area contributed by atoms with Gasteiger partial charge in [-0.25, -0.2) is 0 Å². The topological polar surface area (TPSA) is 38.9 Å². The molecule has 0 aliphatic rings. The highest BCUT2D eigenvalue weighted by atomic mass is 14.8. The average Bonchev–Trinajstić information content (AvgIpc) is 2.34. The van der Waals surface area contributed by atoms with Gasteiger partial charge in [-0.1, -0.05) is 45.6 Å². The van der Waals surface area contributed by atoms with Gasteiger partial charge in [0.2, 0.25) is 0 Å². The van der Waals surface area contributed by atoms with Gasteiger partial charge in [0.1, 0.15) is 0 Å². The number of nitrogens with zero attached hydrogens (tertiary/aromatic N) is 1. The molecule has 1 atom stereocenters. The Morgan fingerprint density at radius 3 is 2.75 bits per heavy atom. The fourth-order valence-corrected chi connectivity index (χ4v) is 2.01. The van der Waals surface area contributed by atoms with Gasteiger partial charge in [0.15, 0.2) is 0 Å². The van der Waals surface area contributed by atoms with Crippen LogP contribution < -0.4 is 5.73 Å². The largest absolute Gasteiger partial charge is 0.323 e. The van der Waals surface area contributed by atoms with Gasteiger partial charge in [-0.2, -0.15) is 0 Å². The van der Waals surface area contributed by atoms with Crippen molar-refractivity contribution in [3.05, 3.63) is 29.6 Å². The molecule has 1 unspecified atom stereocenters. The molecular formula is C14H24N2. The molecule has 0 aromatic carbocycles. The third-order valence-corrected chi connectivity index (χ3v) is 3.03. The first-order valence-electron chi connectivity index (χ1n) is 6.49. The van der Waals surface area contributed by atoms with Crippen molar-refractivity contribution >= 4 is 0 Å². The summed E-state index contributed by atoms with van der Waals surface area (Å²) in [6, 6.07) is 4.24. The van der Waals surface area contributed by atoms with Crippen LogP contribution >= 0.6 is 0 Å². The first kappa shape index (κ1) is 13.2. The molecule has 1 heterocycles. The summed E-state index contributed by atoms with van der Waals surface area (Å²) >= 11 is 0. The molecular weight excluding hydrogens is 196 g/mol. The molecule has 2 nitrogen and oxygen atoms in total. The maximum Gasteiger partial charge on any atom is 0.0602 e. The minimum Gasteiger partial charge on any atom is -0.323 e. The van der Waals surface area contributed by atoms with Crippen molar-refractivity contribution in [3.63, 3.8) is 0 Å². The third kappa shape index (κ3) is 3.93. The Morgan fingerprint density at radius 2 is 2.06 bits per heavy atom. The Kier molecular flexibility index (Phi) is 6.09. The van der Waals surface area contributed by atoms with Crippen LogP contribution in [0.4, 0.5) is 0 Å². The zero-order chi connectivity index (χ0) is 11.8. The van der Waals surface area contributed by atoms with E-state index in [1.165, 1.54) is 31.2 Å². The van der Waals surface area contributed by atoms with E-state index in [1.807, 2.05) is 12.3 Å². The molecule has 0 saturated carbocycles. The van der Waals surface area contributed by atoms with Crippen LogP contribution in [0, 0.1) is 0 Å². The molecule has 1 aromatic heterocycles. The molecule has 0 saturated heterocycles. The summed E-state index contributed by atoms with van der Waals surface area (Å²) in [5, 5.41) is 0. The van der Waals surface area contributed by atoms with Crippen LogP contribution in [0.2, 0.25) is 0 Å². The van der Waals surface area contributed by atoms with Crippen LogP contribution in [0.15, 0.2) is 18.3 Å². The summed E-state index contributed by atoms with van der Waals surface area (Å²) in [4.78, 5) is 4.42. The van der Waals surface area contributed by atoms with E-state index >= 15 is 0 Å². The van der Waals surface area contributed by atoms with Gasteiger partial charge in [-0.15, -0.1) is 0 Å². The number of rotatable bonds is 7. The second-order valence-corrected chi connectivity index (χ2v) is 4.36. The zero-order valence-corrected chi connectivity index (χ0v) is 10.6. The van der Waals surface area contributed by atoms with Crippen LogP contribution in [-0.2, 0) is 6.42 Å². The van der Waals surface area contributed by atoms with Gasteiger partial charge >= 0.3 is 0 Å². The number of hydrogen-bond donors (Lipinski definition) is 1. The molecule has 2 N–H and O–H groups in total. The molecule has 1 aromatic rings. The normalized spacial score (nSPS) is 12.7. The molecule has 2 heteroatoms. The molecule has 0 spiro atoms. The third-order valence-electron chi connectivity index (χ3n) is 3.03. The lowest BCUT2D eigenvalue weighted by Crippen LogP contribution is -2.14. The summed E-state index contributed by atoms with van der Waals surface area (Å²) in [7, 11) is 0. The first-order chi connectivity index (χ1) is 7.79. The predicted octanol–water partition coefficient (Wildman–Crippen LogP) is 3.61. The van der Waals surface area contributed by atoms with Crippen LogP contribution in [0.1, 0.15) is 63.3 Å².